The first-order valence-electron chi connectivity index (χ1n) is 19.3. The maximum Gasteiger partial charge on any atom is 0.0159 e. The summed E-state index contributed by atoms with van der Waals surface area (Å²) in [7, 11) is 0. The Kier molecular flexibility index (Phi) is 6.85. The van der Waals surface area contributed by atoms with Crippen molar-refractivity contribution in [1.29, 1.82) is 0 Å². The molecule has 55 heavy (non-hydrogen) atoms. The van der Waals surface area contributed by atoms with Crippen LogP contribution in [-0.4, -0.2) is 0 Å². The minimum absolute atomic E-state index is 0.140. The van der Waals surface area contributed by atoms with E-state index in [1.54, 1.807) is 0 Å². The van der Waals surface area contributed by atoms with Crippen molar-refractivity contribution < 1.29 is 0 Å². The molecule has 0 amide bonds. The Balaban J connectivity index is 0.952. The molecule has 0 nitrogen and oxygen atoms in total. The number of hydrogen-bond donors (Lipinski definition) is 0. The Hall–Kier alpha value is -6.76. The molecule has 0 bridgehead atoms. The van der Waals surface area contributed by atoms with Crippen LogP contribution in [0.2, 0.25) is 0 Å². The fraction of sp³-hybridized carbons (Fsp3) is 0.0545. The van der Waals surface area contributed by atoms with E-state index in [1.165, 1.54) is 105 Å². The third kappa shape index (κ3) is 4.71. The van der Waals surface area contributed by atoms with Gasteiger partial charge < -0.3 is 0 Å². The highest BCUT2D eigenvalue weighted by Crippen LogP contribution is 2.51. The lowest BCUT2D eigenvalue weighted by Crippen LogP contribution is -2.15. The van der Waals surface area contributed by atoms with Crippen molar-refractivity contribution in [3.05, 3.63) is 198 Å². The average Bonchev–Trinajstić information content (AvgIpc) is 3.68. The van der Waals surface area contributed by atoms with Crippen molar-refractivity contribution in [3.63, 3.8) is 0 Å². The maximum absolute atomic E-state index is 4.17. The van der Waals surface area contributed by atoms with Gasteiger partial charge in [0.05, 0.1) is 0 Å². The summed E-state index contributed by atoms with van der Waals surface area (Å²) in [6.07, 6.45) is 6.49. The Morgan fingerprint density at radius 1 is 0.400 bits per heavy atom. The van der Waals surface area contributed by atoms with E-state index in [0.29, 0.717) is 0 Å². The summed E-state index contributed by atoms with van der Waals surface area (Å²) in [6, 6.07) is 60.9. The third-order valence-corrected chi connectivity index (χ3v) is 12.4. The summed E-state index contributed by atoms with van der Waals surface area (Å²) in [6.45, 7) is 8.93. The smallest absolute Gasteiger partial charge is 0.0159 e. The Morgan fingerprint density at radius 3 is 1.82 bits per heavy atom. The van der Waals surface area contributed by atoms with Gasteiger partial charge in [0.2, 0.25) is 0 Å². The monoisotopic (exact) mass is 698 g/mol. The van der Waals surface area contributed by atoms with Crippen molar-refractivity contribution in [2.75, 3.05) is 0 Å². The molecule has 0 fully saturated rings. The lowest BCUT2D eigenvalue weighted by molar-refractivity contribution is 0.660. The summed E-state index contributed by atoms with van der Waals surface area (Å²) in [5.41, 5.74) is 19.1. The molecular weight excluding hydrogens is 661 g/mol. The zero-order valence-electron chi connectivity index (χ0n) is 31.0. The van der Waals surface area contributed by atoms with Crippen LogP contribution < -0.4 is 0 Å². The molecule has 2 aliphatic carbocycles. The van der Waals surface area contributed by atoms with Crippen molar-refractivity contribution in [1.82, 2.24) is 0 Å². The normalized spacial score (nSPS) is 13.4. The minimum Gasteiger partial charge on any atom is -0.0984 e. The van der Waals surface area contributed by atoms with E-state index in [0.717, 1.165) is 11.1 Å². The Bertz CT molecular complexity index is 3100. The number of hydrogen-bond acceptors (Lipinski definition) is 0. The van der Waals surface area contributed by atoms with Crippen molar-refractivity contribution in [2.45, 2.75) is 19.3 Å². The standard InChI is InChI=1S/C55H38/c1-4-35-23-24-38(41-28-29-50-44-16-9-8-15-43(44)49-19-11-18-48(41)54(49)50)31-36(35)22-20-34-21-26-46-47-27-25-39(33-53(47)55(2,3)52(46)30-34)51-32-37-12-5-6-13-40(37)42-14-7-10-17-45(42)51/h4-33H,1H2,2-3H3/b22-20+. The van der Waals surface area contributed by atoms with Gasteiger partial charge in [-0.15, -0.1) is 0 Å². The van der Waals surface area contributed by atoms with Crippen LogP contribution in [0.25, 0.3) is 106 Å². The maximum atomic E-state index is 4.17. The largest absolute Gasteiger partial charge is 0.0984 e. The van der Waals surface area contributed by atoms with Crippen LogP contribution in [0.15, 0.2) is 170 Å². The molecule has 2 aliphatic rings. The highest BCUT2D eigenvalue weighted by Gasteiger charge is 2.36. The summed E-state index contributed by atoms with van der Waals surface area (Å²) in [5, 5.41) is 7.82. The molecule has 0 unspecified atom stereocenters. The summed E-state index contributed by atoms with van der Waals surface area (Å²) >= 11 is 0. The molecule has 0 heterocycles. The minimum atomic E-state index is -0.140. The van der Waals surface area contributed by atoms with Gasteiger partial charge in [-0.25, -0.2) is 0 Å². The van der Waals surface area contributed by atoms with Crippen LogP contribution in [0.4, 0.5) is 0 Å². The molecule has 0 spiro atoms. The van der Waals surface area contributed by atoms with Gasteiger partial charge in [-0.1, -0.05) is 184 Å². The van der Waals surface area contributed by atoms with Gasteiger partial charge in [-0.05, 0) is 134 Å². The second kappa shape index (κ2) is 11.9. The molecular formula is C55H38. The molecule has 9 aromatic rings. The van der Waals surface area contributed by atoms with Crippen molar-refractivity contribution >= 4 is 50.5 Å². The van der Waals surface area contributed by atoms with E-state index >= 15 is 0 Å². The zero-order chi connectivity index (χ0) is 36.8. The quantitative estimate of drug-likeness (QED) is 0.124. The lowest BCUT2D eigenvalue weighted by Gasteiger charge is -2.22. The Morgan fingerprint density at radius 2 is 1.00 bits per heavy atom. The first kappa shape index (κ1) is 31.7. The molecule has 0 saturated heterocycles. The van der Waals surface area contributed by atoms with Gasteiger partial charge in [0.25, 0.3) is 0 Å². The van der Waals surface area contributed by atoms with Crippen LogP contribution in [-0.2, 0) is 5.41 Å². The molecule has 0 N–H and O–H groups in total. The van der Waals surface area contributed by atoms with Crippen molar-refractivity contribution in [3.8, 4) is 55.6 Å². The van der Waals surface area contributed by atoms with Gasteiger partial charge in [0.1, 0.15) is 0 Å². The van der Waals surface area contributed by atoms with E-state index < -0.39 is 0 Å². The zero-order valence-corrected chi connectivity index (χ0v) is 31.0. The highest BCUT2D eigenvalue weighted by molar-refractivity contribution is 6.19. The SMILES string of the molecule is C=Cc1ccc(-c2ccc3c4c(cccc24)-c2ccccc2-3)cc1/C=C/c1ccc2c(c1)C(C)(C)c1cc(-c3cc4ccccc4c4ccccc34)ccc1-2. The summed E-state index contributed by atoms with van der Waals surface area (Å²) in [4.78, 5) is 0. The highest BCUT2D eigenvalue weighted by atomic mass is 14.4. The topological polar surface area (TPSA) is 0 Å². The van der Waals surface area contributed by atoms with Gasteiger partial charge >= 0.3 is 0 Å². The van der Waals surface area contributed by atoms with Crippen molar-refractivity contribution in [2.24, 2.45) is 0 Å². The number of rotatable bonds is 5. The summed E-state index contributed by atoms with van der Waals surface area (Å²) < 4.78 is 0. The van der Waals surface area contributed by atoms with Crippen LogP contribution in [0.3, 0.4) is 0 Å². The van der Waals surface area contributed by atoms with Crippen LogP contribution >= 0.6 is 0 Å². The fourth-order valence-corrected chi connectivity index (χ4v) is 9.64. The first-order chi connectivity index (χ1) is 27.0. The predicted octanol–water partition coefficient (Wildman–Crippen LogP) is 15.2. The molecule has 11 rings (SSSR count). The predicted molar refractivity (Wildman–Crippen MR) is 237 cm³/mol. The third-order valence-electron chi connectivity index (χ3n) is 12.4. The van der Waals surface area contributed by atoms with Gasteiger partial charge in [0, 0.05) is 5.41 Å². The molecule has 0 saturated carbocycles. The van der Waals surface area contributed by atoms with E-state index in [4.69, 9.17) is 0 Å². The van der Waals surface area contributed by atoms with E-state index in [1.807, 2.05) is 6.08 Å². The lowest BCUT2D eigenvalue weighted by atomic mass is 9.81. The van der Waals surface area contributed by atoms with E-state index in [-0.39, 0.29) is 5.41 Å². The van der Waals surface area contributed by atoms with Crippen LogP contribution in [0.1, 0.15) is 41.7 Å². The molecule has 0 atom stereocenters. The second-order valence-electron chi connectivity index (χ2n) is 15.7. The number of fused-ring (bicyclic) bond motifs is 9. The number of benzene rings is 9. The van der Waals surface area contributed by atoms with Crippen LogP contribution in [0.5, 0.6) is 0 Å². The molecule has 0 heteroatoms. The summed E-state index contributed by atoms with van der Waals surface area (Å²) in [5.74, 6) is 0. The van der Waals surface area contributed by atoms with Crippen LogP contribution in [0, 0.1) is 0 Å². The average molecular weight is 699 g/mol. The molecule has 0 aromatic heterocycles. The van der Waals surface area contributed by atoms with Gasteiger partial charge in [-0.2, -0.15) is 0 Å². The van der Waals surface area contributed by atoms with E-state index in [2.05, 4.69) is 196 Å². The first-order valence-corrected chi connectivity index (χ1v) is 19.3. The van der Waals surface area contributed by atoms with Gasteiger partial charge in [0.15, 0.2) is 0 Å². The van der Waals surface area contributed by atoms with E-state index in [9.17, 15) is 0 Å². The molecule has 9 aromatic carbocycles. The van der Waals surface area contributed by atoms with Gasteiger partial charge in [-0.3, -0.25) is 0 Å². The second-order valence-corrected chi connectivity index (χ2v) is 15.7. The Labute approximate surface area is 322 Å². The molecule has 0 radical (unpaired) electrons. The molecule has 258 valence electrons. The molecule has 0 aliphatic heterocycles. The fourth-order valence-electron chi connectivity index (χ4n) is 9.64.